The van der Waals surface area contributed by atoms with Crippen LogP contribution in [0.3, 0.4) is 0 Å². The highest BCUT2D eigenvalue weighted by Crippen LogP contribution is 1.94. The van der Waals surface area contributed by atoms with Gasteiger partial charge in [-0.2, -0.15) is 5.10 Å². The molecule has 0 fully saturated rings. The van der Waals surface area contributed by atoms with Crippen LogP contribution in [0.15, 0.2) is 18.5 Å². The maximum atomic E-state index is 11.1. The van der Waals surface area contributed by atoms with Gasteiger partial charge in [-0.05, 0) is 19.9 Å². The Morgan fingerprint density at radius 3 is 2.87 bits per heavy atom. The smallest absolute Gasteiger partial charge is 0.322 e. The average Bonchev–Trinajstić information content (AvgIpc) is 2.68. The standard InChI is InChI=1S/C10H17N3O2/c1-8(7-13-6-4-5-11-13)12-9(2)10(14)15-3/h4-6,8-9,12H,7H2,1-3H3. The van der Waals surface area contributed by atoms with Crippen molar-refractivity contribution in [2.75, 3.05) is 7.11 Å². The van der Waals surface area contributed by atoms with Gasteiger partial charge in [-0.1, -0.05) is 0 Å². The first-order chi connectivity index (χ1) is 7.13. The Labute approximate surface area is 89.4 Å². The van der Waals surface area contributed by atoms with Gasteiger partial charge >= 0.3 is 5.97 Å². The zero-order valence-electron chi connectivity index (χ0n) is 9.30. The summed E-state index contributed by atoms with van der Waals surface area (Å²) in [5, 5.41) is 7.22. The third-order valence-electron chi connectivity index (χ3n) is 2.11. The first-order valence-corrected chi connectivity index (χ1v) is 4.94. The van der Waals surface area contributed by atoms with Gasteiger partial charge < -0.3 is 10.1 Å². The van der Waals surface area contributed by atoms with E-state index in [4.69, 9.17) is 0 Å². The van der Waals surface area contributed by atoms with E-state index in [9.17, 15) is 4.79 Å². The number of carbonyl (C=O) groups is 1. The molecule has 0 bridgehead atoms. The summed E-state index contributed by atoms with van der Waals surface area (Å²) in [7, 11) is 1.39. The van der Waals surface area contributed by atoms with Gasteiger partial charge in [-0.3, -0.25) is 9.48 Å². The average molecular weight is 211 g/mol. The van der Waals surface area contributed by atoms with Gasteiger partial charge in [-0.15, -0.1) is 0 Å². The number of rotatable bonds is 5. The van der Waals surface area contributed by atoms with Crippen molar-refractivity contribution in [2.45, 2.75) is 32.5 Å². The summed E-state index contributed by atoms with van der Waals surface area (Å²) < 4.78 is 6.45. The Morgan fingerprint density at radius 1 is 1.60 bits per heavy atom. The molecule has 2 atom stereocenters. The third kappa shape index (κ3) is 3.71. The molecule has 0 amide bonds. The predicted octanol–water partition coefficient (Wildman–Crippen LogP) is 0.423. The highest BCUT2D eigenvalue weighted by atomic mass is 16.5. The van der Waals surface area contributed by atoms with E-state index in [1.807, 2.05) is 23.9 Å². The molecular formula is C10H17N3O2. The van der Waals surface area contributed by atoms with Crippen LogP contribution >= 0.6 is 0 Å². The van der Waals surface area contributed by atoms with Crippen molar-refractivity contribution >= 4 is 5.97 Å². The van der Waals surface area contributed by atoms with Crippen LogP contribution in [0.25, 0.3) is 0 Å². The molecule has 84 valence electrons. The molecule has 2 unspecified atom stereocenters. The lowest BCUT2D eigenvalue weighted by Crippen LogP contribution is -2.42. The molecule has 1 aromatic rings. The van der Waals surface area contributed by atoms with Crippen LogP contribution in [0.5, 0.6) is 0 Å². The van der Waals surface area contributed by atoms with Crippen LogP contribution in [0.4, 0.5) is 0 Å². The summed E-state index contributed by atoms with van der Waals surface area (Å²) in [5.74, 6) is -0.248. The molecule has 0 spiro atoms. The van der Waals surface area contributed by atoms with Gasteiger partial charge in [0.05, 0.1) is 13.7 Å². The number of carbonyl (C=O) groups excluding carboxylic acids is 1. The molecule has 0 aliphatic rings. The van der Waals surface area contributed by atoms with Crippen molar-refractivity contribution in [3.63, 3.8) is 0 Å². The van der Waals surface area contributed by atoms with Crippen LogP contribution in [0, 0.1) is 0 Å². The fourth-order valence-corrected chi connectivity index (χ4v) is 1.41. The normalized spacial score (nSPS) is 14.6. The first-order valence-electron chi connectivity index (χ1n) is 4.94. The molecule has 0 saturated heterocycles. The number of methoxy groups -OCH3 is 1. The summed E-state index contributed by atoms with van der Waals surface area (Å²) >= 11 is 0. The minimum atomic E-state index is -0.291. The summed E-state index contributed by atoms with van der Waals surface area (Å²) in [6, 6.07) is 1.75. The Morgan fingerprint density at radius 2 is 2.33 bits per heavy atom. The van der Waals surface area contributed by atoms with Gasteiger partial charge in [0.25, 0.3) is 0 Å². The fraction of sp³-hybridized carbons (Fsp3) is 0.600. The van der Waals surface area contributed by atoms with E-state index in [0.29, 0.717) is 0 Å². The lowest BCUT2D eigenvalue weighted by atomic mass is 10.2. The molecule has 0 radical (unpaired) electrons. The van der Waals surface area contributed by atoms with Gasteiger partial charge in [0.1, 0.15) is 6.04 Å². The maximum Gasteiger partial charge on any atom is 0.322 e. The van der Waals surface area contributed by atoms with Gasteiger partial charge in [0.15, 0.2) is 0 Å². The zero-order valence-corrected chi connectivity index (χ0v) is 9.30. The number of nitrogens with zero attached hydrogens (tertiary/aromatic N) is 2. The Hall–Kier alpha value is -1.36. The van der Waals surface area contributed by atoms with E-state index >= 15 is 0 Å². The minimum absolute atomic E-state index is 0.166. The summed E-state index contributed by atoms with van der Waals surface area (Å²) in [4.78, 5) is 11.1. The number of hydrogen-bond donors (Lipinski definition) is 1. The molecule has 0 aliphatic carbocycles. The Balaban J connectivity index is 2.35. The molecule has 5 heteroatoms. The second-order valence-corrected chi connectivity index (χ2v) is 3.54. The van der Waals surface area contributed by atoms with E-state index < -0.39 is 0 Å². The molecule has 0 aromatic carbocycles. The van der Waals surface area contributed by atoms with Crippen molar-refractivity contribution < 1.29 is 9.53 Å². The topological polar surface area (TPSA) is 56.1 Å². The van der Waals surface area contributed by atoms with Crippen LogP contribution in [-0.4, -0.2) is 34.9 Å². The van der Waals surface area contributed by atoms with Crippen LogP contribution in [-0.2, 0) is 16.1 Å². The molecule has 15 heavy (non-hydrogen) atoms. The van der Waals surface area contributed by atoms with Crippen molar-refractivity contribution in [3.05, 3.63) is 18.5 Å². The lowest BCUT2D eigenvalue weighted by molar-refractivity contribution is -0.142. The lowest BCUT2D eigenvalue weighted by Gasteiger charge is -2.18. The largest absolute Gasteiger partial charge is 0.468 e. The van der Waals surface area contributed by atoms with E-state index in [0.717, 1.165) is 6.54 Å². The summed E-state index contributed by atoms with van der Waals surface area (Å²) in [6.45, 7) is 4.51. The molecule has 1 rings (SSSR count). The van der Waals surface area contributed by atoms with E-state index in [1.165, 1.54) is 7.11 Å². The SMILES string of the molecule is COC(=O)C(C)NC(C)Cn1cccn1. The van der Waals surface area contributed by atoms with Crippen LogP contribution in [0.1, 0.15) is 13.8 Å². The van der Waals surface area contributed by atoms with Gasteiger partial charge in [-0.25, -0.2) is 0 Å². The molecule has 5 nitrogen and oxygen atoms in total. The highest BCUT2D eigenvalue weighted by Gasteiger charge is 2.15. The third-order valence-corrected chi connectivity index (χ3v) is 2.11. The van der Waals surface area contributed by atoms with Gasteiger partial charge in [0.2, 0.25) is 0 Å². The maximum absolute atomic E-state index is 11.1. The van der Waals surface area contributed by atoms with Gasteiger partial charge in [0, 0.05) is 18.4 Å². The molecule has 0 aliphatic heterocycles. The van der Waals surface area contributed by atoms with Crippen molar-refractivity contribution in [3.8, 4) is 0 Å². The highest BCUT2D eigenvalue weighted by molar-refractivity contribution is 5.75. The van der Waals surface area contributed by atoms with Crippen LogP contribution in [0.2, 0.25) is 0 Å². The molecular weight excluding hydrogens is 194 g/mol. The molecule has 1 heterocycles. The summed E-state index contributed by atoms with van der Waals surface area (Å²) in [6.07, 6.45) is 3.62. The number of aromatic nitrogens is 2. The van der Waals surface area contributed by atoms with E-state index in [1.54, 1.807) is 13.1 Å². The molecule has 1 N–H and O–H groups in total. The number of ether oxygens (including phenoxy) is 1. The van der Waals surface area contributed by atoms with Crippen molar-refractivity contribution in [1.29, 1.82) is 0 Å². The quantitative estimate of drug-likeness (QED) is 0.717. The number of esters is 1. The summed E-state index contributed by atoms with van der Waals surface area (Å²) in [5.41, 5.74) is 0. The second-order valence-electron chi connectivity index (χ2n) is 3.54. The van der Waals surface area contributed by atoms with E-state index in [2.05, 4.69) is 15.2 Å². The monoisotopic (exact) mass is 211 g/mol. The number of nitrogens with one attached hydrogen (secondary N) is 1. The second kappa shape index (κ2) is 5.50. The molecule has 1 aromatic heterocycles. The van der Waals surface area contributed by atoms with E-state index in [-0.39, 0.29) is 18.1 Å². The first kappa shape index (κ1) is 11.7. The zero-order chi connectivity index (χ0) is 11.3. The van der Waals surface area contributed by atoms with Crippen LogP contribution < -0.4 is 5.32 Å². The minimum Gasteiger partial charge on any atom is -0.468 e. The fourth-order valence-electron chi connectivity index (χ4n) is 1.41. The van der Waals surface area contributed by atoms with Crippen molar-refractivity contribution in [2.24, 2.45) is 0 Å². The molecule has 0 saturated carbocycles. The predicted molar refractivity (Wildman–Crippen MR) is 56.3 cm³/mol. The van der Waals surface area contributed by atoms with Crippen molar-refractivity contribution in [1.82, 2.24) is 15.1 Å². The number of hydrogen-bond acceptors (Lipinski definition) is 4. The Kier molecular flexibility index (Phi) is 4.30. The Bertz CT molecular complexity index is 298.